The molecule has 0 saturated carbocycles. The summed E-state index contributed by atoms with van der Waals surface area (Å²) in [5, 5.41) is 0. The zero-order valence-electron chi connectivity index (χ0n) is 6.78. The second-order valence-electron chi connectivity index (χ2n) is 2.67. The SMILES string of the molecule is NC(Cl)(Cl)c1ccccc1C(F)(F)F. The smallest absolute Gasteiger partial charge is 0.296 e. The molecule has 0 saturated heterocycles. The van der Waals surface area contributed by atoms with Crippen LogP contribution in [0.25, 0.3) is 0 Å². The van der Waals surface area contributed by atoms with Gasteiger partial charge in [-0.3, -0.25) is 5.73 Å². The van der Waals surface area contributed by atoms with Crippen molar-refractivity contribution in [3.8, 4) is 0 Å². The van der Waals surface area contributed by atoms with E-state index in [4.69, 9.17) is 28.9 Å². The summed E-state index contributed by atoms with van der Waals surface area (Å²) >= 11 is 10.8. The number of nitrogens with two attached hydrogens (primary N) is 1. The Kier molecular flexibility index (Phi) is 2.99. The molecule has 78 valence electrons. The van der Waals surface area contributed by atoms with Crippen LogP contribution >= 0.6 is 23.2 Å². The van der Waals surface area contributed by atoms with Crippen LogP contribution in [0.4, 0.5) is 13.2 Å². The quantitative estimate of drug-likeness (QED) is 0.595. The summed E-state index contributed by atoms with van der Waals surface area (Å²) in [5.41, 5.74) is 3.91. The van der Waals surface area contributed by atoms with E-state index in [2.05, 4.69) is 0 Å². The zero-order chi connectivity index (χ0) is 11.0. The van der Waals surface area contributed by atoms with Crippen LogP contribution in [0.2, 0.25) is 0 Å². The van der Waals surface area contributed by atoms with Crippen molar-refractivity contribution in [3.05, 3.63) is 35.4 Å². The van der Waals surface area contributed by atoms with Crippen LogP contribution in [0, 0.1) is 0 Å². The Bertz CT molecular complexity index is 297. The normalized spacial score (nSPS) is 13.0. The highest BCUT2D eigenvalue weighted by atomic mass is 35.5. The summed E-state index contributed by atoms with van der Waals surface area (Å²) in [6.07, 6.45) is -4.51. The van der Waals surface area contributed by atoms with Crippen LogP contribution in [0.1, 0.15) is 11.1 Å². The first-order chi connectivity index (χ1) is 6.23. The Morgan fingerprint density at radius 1 is 1.00 bits per heavy atom. The van der Waals surface area contributed by atoms with Gasteiger partial charge in [-0.25, -0.2) is 0 Å². The van der Waals surface area contributed by atoms with E-state index in [9.17, 15) is 13.2 Å². The first-order valence-corrected chi connectivity index (χ1v) is 4.32. The molecule has 14 heavy (non-hydrogen) atoms. The van der Waals surface area contributed by atoms with Crippen LogP contribution in [0.3, 0.4) is 0 Å². The van der Waals surface area contributed by atoms with Crippen LogP contribution < -0.4 is 5.73 Å². The summed E-state index contributed by atoms with van der Waals surface area (Å²) in [5.74, 6) is 0. The lowest BCUT2D eigenvalue weighted by Gasteiger charge is -2.19. The highest BCUT2D eigenvalue weighted by Gasteiger charge is 2.37. The van der Waals surface area contributed by atoms with Crippen molar-refractivity contribution in [2.24, 2.45) is 5.73 Å². The number of benzene rings is 1. The third-order valence-corrected chi connectivity index (χ3v) is 2.00. The summed E-state index contributed by atoms with van der Waals surface area (Å²) < 4.78 is 35.2. The van der Waals surface area contributed by atoms with Gasteiger partial charge in [-0.05, 0) is 6.07 Å². The average Bonchev–Trinajstić information content (AvgIpc) is 2.01. The Morgan fingerprint density at radius 2 is 1.43 bits per heavy atom. The van der Waals surface area contributed by atoms with Gasteiger partial charge in [0.2, 0.25) is 0 Å². The third-order valence-electron chi connectivity index (χ3n) is 1.59. The molecule has 0 aliphatic heterocycles. The van der Waals surface area contributed by atoms with Crippen molar-refractivity contribution in [1.29, 1.82) is 0 Å². The molecule has 0 bridgehead atoms. The van der Waals surface area contributed by atoms with Gasteiger partial charge in [0.15, 0.2) is 4.46 Å². The van der Waals surface area contributed by atoms with E-state index in [1.165, 1.54) is 12.1 Å². The fourth-order valence-corrected chi connectivity index (χ4v) is 1.35. The minimum absolute atomic E-state index is 0.351. The molecule has 6 heteroatoms. The van der Waals surface area contributed by atoms with Gasteiger partial charge in [-0.2, -0.15) is 13.2 Å². The van der Waals surface area contributed by atoms with E-state index in [0.717, 1.165) is 12.1 Å². The Labute approximate surface area is 88.6 Å². The Hall–Kier alpha value is -0.450. The minimum atomic E-state index is -4.51. The molecule has 1 aromatic carbocycles. The maximum absolute atomic E-state index is 12.4. The Balaban J connectivity index is 3.31. The maximum atomic E-state index is 12.4. The number of hydrogen-bond donors (Lipinski definition) is 1. The molecule has 0 aromatic heterocycles. The maximum Gasteiger partial charge on any atom is 0.416 e. The molecule has 0 atom stereocenters. The molecular formula is C8H6Cl2F3N. The standard InChI is InChI=1S/C8H6Cl2F3N/c9-7(10,14)5-3-1-2-4-6(5)8(11,12)13/h1-4H,14H2. The molecule has 0 amide bonds. The van der Waals surface area contributed by atoms with E-state index >= 15 is 0 Å². The second-order valence-corrected chi connectivity index (χ2v) is 4.05. The van der Waals surface area contributed by atoms with E-state index in [-0.39, 0.29) is 5.56 Å². The highest BCUT2D eigenvalue weighted by molar-refractivity contribution is 6.47. The minimum Gasteiger partial charge on any atom is -0.296 e. The van der Waals surface area contributed by atoms with Gasteiger partial charge in [-0.15, -0.1) is 0 Å². The lowest BCUT2D eigenvalue weighted by atomic mass is 10.1. The van der Waals surface area contributed by atoms with Gasteiger partial charge in [0, 0.05) is 5.56 Å². The van der Waals surface area contributed by atoms with Crippen molar-refractivity contribution >= 4 is 23.2 Å². The number of alkyl halides is 5. The second kappa shape index (κ2) is 3.61. The first kappa shape index (κ1) is 11.6. The lowest BCUT2D eigenvalue weighted by molar-refractivity contribution is -0.138. The number of rotatable bonds is 1. The summed E-state index contributed by atoms with van der Waals surface area (Å²) in [6, 6.07) is 4.65. The van der Waals surface area contributed by atoms with Crippen molar-refractivity contribution < 1.29 is 13.2 Å². The van der Waals surface area contributed by atoms with Crippen molar-refractivity contribution in [2.45, 2.75) is 10.6 Å². The van der Waals surface area contributed by atoms with Gasteiger partial charge >= 0.3 is 6.18 Å². The fourth-order valence-electron chi connectivity index (χ4n) is 1.02. The number of hydrogen-bond acceptors (Lipinski definition) is 1. The van der Waals surface area contributed by atoms with Crippen molar-refractivity contribution in [3.63, 3.8) is 0 Å². The molecule has 0 aliphatic carbocycles. The highest BCUT2D eigenvalue weighted by Crippen LogP contribution is 2.38. The summed E-state index contributed by atoms with van der Waals surface area (Å²) in [4.78, 5) is 0. The zero-order valence-corrected chi connectivity index (χ0v) is 8.29. The van der Waals surface area contributed by atoms with Gasteiger partial charge in [0.1, 0.15) is 0 Å². The van der Waals surface area contributed by atoms with E-state index < -0.39 is 16.2 Å². The van der Waals surface area contributed by atoms with Gasteiger partial charge in [0.05, 0.1) is 5.56 Å². The average molecular weight is 244 g/mol. The molecule has 1 nitrogen and oxygen atoms in total. The van der Waals surface area contributed by atoms with Crippen LogP contribution in [0.15, 0.2) is 24.3 Å². The van der Waals surface area contributed by atoms with Gasteiger partial charge in [0.25, 0.3) is 0 Å². The molecule has 0 heterocycles. The summed E-state index contributed by atoms with van der Waals surface area (Å²) in [6.45, 7) is 0. The largest absolute Gasteiger partial charge is 0.416 e. The summed E-state index contributed by atoms with van der Waals surface area (Å²) in [7, 11) is 0. The Morgan fingerprint density at radius 3 is 1.71 bits per heavy atom. The molecular weight excluding hydrogens is 238 g/mol. The van der Waals surface area contributed by atoms with Gasteiger partial charge < -0.3 is 0 Å². The van der Waals surface area contributed by atoms with E-state index in [0.29, 0.717) is 0 Å². The van der Waals surface area contributed by atoms with Crippen LogP contribution in [-0.2, 0) is 10.6 Å². The third kappa shape index (κ3) is 2.53. The molecule has 0 aliphatic rings. The molecule has 0 radical (unpaired) electrons. The fraction of sp³-hybridized carbons (Fsp3) is 0.250. The first-order valence-electron chi connectivity index (χ1n) is 3.56. The molecule has 1 aromatic rings. The molecule has 2 N–H and O–H groups in total. The molecule has 0 fully saturated rings. The predicted octanol–water partition coefficient (Wildman–Crippen LogP) is 3.25. The van der Waals surface area contributed by atoms with Crippen LogP contribution in [0.5, 0.6) is 0 Å². The topological polar surface area (TPSA) is 26.0 Å². The number of halogens is 5. The van der Waals surface area contributed by atoms with E-state index in [1.54, 1.807) is 0 Å². The molecule has 1 rings (SSSR count). The molecule has 0 unspecified atom stereocenters. The van der Waals surface area contributed by atoms with Crippen molar-refractivity contribution in [1.82, 2.24) is 0 Å². The monoisotopic (exact) mass is 243 g/mol. The van der Waals surface area contributed by atoms with Gasteiger partial charge in [-0.1, -0.05) is 41.4 Å². The lowest BCUT2D eigenvalue weighted by Crippen LogP contribution is -2.26. The molecule has 0 spiro atoms. The van der Waals surface area contributed by atoms with E-state index in [1.807, 2.05) is 0 Å². The predicted molar refractivity (Wildman–Crippen MR) is 49.0 cm³/mol. The van der Waals surface area contributed by atoms with Crippen LogP contribution in [-0.4, -0.2) is 0 Å². The van der Waals surface area contributed by atoms with Crippen molar-refractivity contribution in [2.75, 3.05) is 0 Å².